The van der Waals surface area contributed by atoms with Crippen LogP contribution in [0, 0.1) is 0 Å². The zero-order chi connectivity index (χ0) is 14.0. The van der Waals surface area contributed by atoms with Crippen LogP contribution in [-0.4, -0.2) is 29.9 Å². The summed E-state index contributed by atoms with van der Waals surface area (Å²) >= 11 is 6.11. The van der Waals surface area contributed by atoms with E-state index in [9.17, 15) is 5.11 Å². The van der Waals surface area contributed by atoms with Crippen LogP contribution in [0.1, 0.15) is 31.9 Å². The van der Waals surface area contributed by atoms with Crippen LogP contribution in [0.15, 0.2) is 12.1 Å². The van der Waals surface area contributed by atoms with Crippen molar-refractivity contribution in [3.05, 3.63) is 28.3 Å². The van der Waals surface area contributed by atoms with E-state index in [1.54, 1.807) is 0 Å². The molecule has 0 bridgehead atoms. The van der Waals surface area contributed by atoms with Gasteiger partial charge in [-0.25, -0.2) is 0 Å². The monoisotopic (exact) mass is 283 g/mol. The third-order valence-electron chi connectivity index (χ3n) is 3.15. The molecule has 1 atom stereocenters. The summed E-state index contributed by atoms with van der Waals surface area (Å²) in [6, 6.07) is 3.85. The molecule has 1 aliphatic heterocycles. The van der Waals surface area contributed by atoms with Crippen molar-refractivity contribution in [2.45, 2.75) is 45.3 Å². The van der Waals surface area contributed by atoms with Crippen LogP contribution in [0.5, 0.6) is 5.75 Å². The third kappa shape index (κ3) is 4.10. The van der Waals surface area contributed by atoms with E-state index in [1.165, 1.54) is 0 Å². The van der Waals surface area contributed by atoms with Crippen molar-refractivity contribution in [1.82, 2.24) is 5.32 Å². The Morgan fingerprint density at radius 2 is 2.16 bits per heavy atom. The molecule has 19 heavy (non-hydrogen) atoms. The maximum Gasteiger partial charge on any atom is 0.126 e. The molecule has 0 spiro atoms. The van der Waals surface area contributed by atoms with E-state index < -0.39 is 6.10 Å². The lowest BCUT2D eigenvalue weighted by molar-refractivity contribution is 0.160. The largest absolute Gasteiger partial charge is 0.493 e. The van der Waals surface area contributed by atoms with Gasteiger partial charge in [0.1, 0.15) is 5.75 Å². The van der Waals surface area contributed by atoms with Gasteiger partial charge in [-0.2, -0.15) is 0 Å². The molecule has 0 saturated heterocycles. The Bertz CT molecular complexity index is 454. The molecule has 1 unspecified atom stereocenters. The molecule has 2 N–H and O–H groups in total. The predicted octanol–water partition coefficient (Wildman–Crippen LogP) is 2.57. The molecule has 2 rings (SSSR count). The van der Waals surface area contributed by atoms with Crippen LogP contribution in [0.3, 0.4) is 0 Å². The fourth-order valence-corrected chi connectivity index (χ4v) is 2.51. The van der Waals surface area contributed by atoms with E-state index in [0.29, 0.717) is 19.6 Å². The van der Waals surface area contributed by atoms with Gasteiger partial charge in [-0.3, -0.25) is 0 Å². The molecule has 1 aromatic carbocycles. The Morgan fingerprint density at radius 1 is 1.42 bits per heavy atom. The molecule has 0 aliphatic carbocycles. The van der Waals surface area contributed by atoms with Gasteiger partial charge >= 0.3 is 0 Å². The Morgan fingerprint density at radius 3 is 2.84 bits per heavy atom. The highest BCUT2D eigenvalue weighted by Crippen LogP contribution is 2.33. The number of rotatable bonds is 4. The zero-order valence-electron chi connectivity index (χ0n) is 11.8. The van der Waals surface area contributed by atoms with Gasteiger partial charge in [-0.05, 0) is 44.0 Å². The van der Waals surface area contributed by atoms with Crippen molar-refractivity contribution in [2.75, 3.05) is 13.2 Å². The summed E-state index contributed by atoms with van der Waals surface area (Å²) in [6.45, 7) is 7.52. The molecule has 0 radical (unpaired) electrons. The Kier molecular flexibility index (Phi) is 4.39. The highest BCUT2D eigenvalue weighted by molar-refractivity contribution is 6.30. The number of hydrogen-bond donors (Lipinski definition) is 2. The zero-order valence-corrected chi connectivity index (χ0v) is 12.5. The number of fused-ring (bicyclic) bond motifs is 1. The van der Waals surface area contributed by atoms with E-state index in [-0.39, 0.29) is 5.54 Å². The van der Waals surface area contributed by atoms with Gasteiger partial charge in [-0.15, -0.1) is 0 Å². The SMILES string of the molecule is CC(C)(C)NCC(O)Cc1cc(Cl)cc2c1OCC2. The molecule has 4 heteroatoms. The van der Waals surface area contributed by atoms with Gasteiger partial charge in [0, 0.05) is 29.9 Å². The first-order valence-electron chi connectivity index (χ1n) is 6.72. The quantitative estimate of drug-likeness (QED) is 0.892. The summed E-state index contributed by atoms with van der Waals surface area (Å²) in [5.41, 5.74) is 2.16. The number of hydrogen-bond acceptors (Lipinski definition) is 3. The predicted molar refractivity (Wildman–Crippen MR) is 78.1 cm³/mol. The summed E-state index contributed by atoms with van der Waals surface area (Å²) in [5.74, 6) is 0.916. The molecule has 1 aromatic rings. The van der Waals surface area contributed by atoms with Crippen LogP contribution in [0.2, 0.25) is 5.02 Å². The second-order valence-corrected chi connectivity index (χ2v) is 6.58. The molecule has 0 fully saturated rings. The first-order chi connectivity index (χ1) is 8.85. The fourth-order valence-electron chi connectivity index (χ4n) is 2.25. The number of aliphatic hydroxyl groups excluding tert-OH is 1. The lowest BCUT2D eigenvalue weighted by Gasteiger charge is -2.23. The van der Waals surface area contributed by atoms with Crippen molar-refractivity contribution in [3.63, 3.8) is 0 Å². The van der Waals surface area contributed by atoms with E-state index in [0.717, 1.165) is 28.3 Å². The number of aliphatic hydroxyl groups is 1. The third-order valence-corrected chi connectivity index (χ3v) is 3.37. The van der Waals surface area contributed by atoms with Crippen molar-refractivity contribution < 1.29 is 9.84 Å². The van der Waals surface area contributed by atoms with Crippen molar-refractivity contribution in [1.29, 1.82) is 0 Å². The van der Waals surface area contributed by atoms with Gasteiger partial charge in [-0.1, -0.05) is 11.6 Å². The number of nitrogens with one attached hydrogen (secondary N) is 1. The molecule has 0 aromatic heterocycles. The molecule has 106 valence electrons. The van der Waals surface area contributed by atoms with Crippen LogP contribution in [0.4, 0.5) is 0 Å². The summed E-state index contributed by atoms with van der Waals surface area (Å²) in [5, 5.41) is 14.1. The Hall–Kier alpha value is -0.770. The molecule has 0 amide bonds. The smallest absolute Gasteiger partial charge is 0.126 e. The van der Waals surface area contributed by atoms with Crippen molar-refractivity contribution in [2.24, 2.45) is 0 Å². The fraction of sp³-hybridized carbons (Fsp3) is 0.600. The topological polar surface area (TPSA) is 41.5 Å². The minimum absolute atomic E-state index is 0.00770. The summed E-state index contributed by atoms with van der Waals surface area (Å²) in [6.07, 6.45) is 1.02. The molecule has 1 heterocycles. The highest BCUT2D eigenvalue weighted by atomic mass is 35.5. The number of halogens is 1. The lowest BCUT2D eigenvalue weighted by atomic mass is 10.0. The normalized spacial score (nSPS) is 16.1. The number of benzene rings is 1. The first-order valence-corrected chi connectivity index (χ1v) is 7.10. The minimum atomic E-state index is -0.439. The summed E-state index contributed by atoms with van der Waals surface area (Å²) < 4.78 is 5.64. The highest BCUT2D eigenvalue weighted by Gasteiger charge is 2.20. The lowest BCUT2D eigenvalue weighted by Crippen LogP contribution is -2.41. The van der Waals surface area contributed by atoms with Crippen molar-refractivity contribution in [3.8, 4) is 5.75 Å². The van der Waals surface area contributed by atoms with E-state index >= 15 is 0 Å². The van der Waals surface area contributed by atoms with Crippen LogP contribution in [-0.2, 0) is 12.8 Å². The van der Waals surface area contributed by atoms with Crippen molar-refractivity contribution >= 4 is 11.6 Å². The second-order valence-electron chi connectivity index (χ2n) is 6.14. The summed E-state index contributed by atoms with van der Waals surface area (Å²) in [7, 11) is 0. The maximum atomic E-state index is 10.1. The second kappa shape index (κ2) is 5.70. The maximum absolute atomic E-state index is 10.1. The minimum Gasteiger partial charge on any atom is -0.493 e. The number of ether oxygens (including phenoxy) is 1. The van der Waals surface area contributed by atoms with Gasteiger partial charge in [0.15, 0.2) is 0 Å². The molecule has 3 nitrogen and oxygen atoms in total. The van der Waals surface area contributed by atoms with E-state index in [1.807, 2.05) is 12.1 Å². The van der Waals surface area contributed by atoms with Crippen LogP contribution < -0.4 is 10.1 Å². The van der Waals surface area contributed by atoms with E-state index in [4.69, 9.17) is 16.3 Å². The van der Waals surface area contributed by atoms with Gasteiger partial charge in [0.2, 0.25) is 0 Å². The molecular formula is C15H22ClNO2. The standard InChI is InChI=1S/C15H22ClNO2/c1-15(2,3)17-9-13(18)8-11-7-12(16)6-10-4-5-19-14(10)11/h6-7,13,17-18H,4-5,8-9H2,1-3H3. The average molecular weight is 284 g/mol. The van der Waals surface area contributed by atoms with Gasteiger partial charge in [0.05, 0.1) is 12.7 Å². The van der Waals surface area contributed by atoms with Crippen LogP contribution in [0.25, 0.3) is 0 Å². The van der Waals surface area contributed by atoms with Gasteiger partial charge in [0.25, 0.3) is 0 Å². The molecule has 1 aliphatic rings. The Labute approximate surface area is 119 Å². The first kappa shape index (κ1) is 14.6. The van der Waals surface area contributed by atoms with Crippen LogP contribution >= 0.6 is 11.6 Å². The molecular weight excluding hydrogens is 262 g/mol. The number of β-amino-alcohol motifs (C(OH)–C–C–N with tert-alkyl or cyclic N) is 1. The van der Waals surface area contributed by atoms with Gasteiger partial charge < -0.3 is 15.2 Å². The average Bonchev–Trinajstić information content (AvgIpc) is 2.73. The molecule has 0 saturated carbocycles. The summed E-state index contributed by atoms with van der Waals surface area (Å²) in [4.78, 5) is 0. The van der Waals surface area contributed by atoms with E-state index in [2.05, 4.69) is 26.1 Å². The Balaban J connectivity index is 2.03.